The Hall–Kier alpha value is -2.23. The molecule has 138 valence electrons. The maximum Gasteiger partial charge on any atom is 0.230 e. The molecule has 3 aromatic rings. The van der Waals surface area contributed by atoms with Crippen LogP contribution in [0.25, 0.3) is 0 Å². The zero-order valence-corrected chi connectivity index (χ0v) is 16.8. The molecular weight excluding hydrogens is 374 g/mol. The molecule has 27 heavy (non-hydrogen) atoms. The number of rotatable bonds is 7. The van der Waals surface area contributed by atoms with Gasteiger partial charge in [-0.1, -0.05) is 84.4 Å². The molecule has 0 aromatic heterocycles. The summed E-state index contributed by atoms with van der Waals surface area (Å²) in [4.78, 5) is 12.6. The summed E-state index contributed by atoms with van der Waals surface area (Å²) in [7, 11) is 0. The van der Waals surface area contributed by atoms with E-state index >= 15 is 0 Å². The van der Waals surface area contributed by atoms with Crippen LogP contribution in [0.4, 0.5) is 0 Å². The Kier molecular flexibility index (Phi) is 6.97. The Morgan fingerprint density at radius 3 is 2.37 bits per heavy atom. The van der Waals surface area contributed by atoms with Gasteiger partial charge in [0.05, 0.1) is 11.8 Å². The number of carbonyl (C=O) groups is 1. The van der Waals surface area contributed by atoms with E-state index < -0.39 is 0 Å². The molecule has 0 aliphatic rings. The van der Waals surface area contributed by atoms with Crippen LogP contribution in [0.3, 0.4) is 0 Å². The molecule has 0 saturated carbocycles. The van der Waals surface area contributed by atoms with Crippen LogP contribution in [0.5, 0.6) is 0 Å². The first kappa shape index (κ1) is 19.5. The molecule has 0 aliphatic heterocycles. The summed E-state index contributed by atoms with van der Waals surface area (Å²) in [6.45, 7) is 2.07. The molecule has 1 amide bonds. The van der Waals surface area contributed by atoms with E-state index in [1.807, 2.05) is 66.7 Å². The summed E-state index contributed by atoms with van der Waals surface area (Å²) in [6.07, 6.45) is 0. The number of benzene rings is 3. The van der Waals surface area contributed by atoms with Gasteiger partial charge >= 0.3 is 0 Å². The SMILES string of the molecule is Cc1ccccc1[C@H](NC(=O)CSCc1ccccc1Cl)c1ccccc1. The minimum absolute atomic E-state index is 0.0177. The highest BCUT2D eigenvalue weighted by Gasteiger charge is 2.18. The van der Waals surface area contributed by atoms with E-state index in [1.165, 1.54) is 0 Å². The van der Waals surface area contributed by atoms with Crippen molar-refractivity contribution in [3.05, 3.63) is 106 Å². The molecule has 4 heteroatoms. The van der Waals surface area contributed by atoms with Crippen molar-refractivity contribution in [1.82, 2.24) is 5.32 Å². The van der Waals surface area contributed by atoms with Gasteiger partial charge in [0.2, 0.25) is 5.91 Å². The lowest BCUT2D eigenvalue weighted by molar-refractivity contribution is -0.119. The lowest BCUT2D eigenvalue weighted by atomic mass is 9.95. The van der Waals surface area contributed by atoms with E-state index in [9.17, 15) is 4.79 Å². The summed E-state index contributed by atoms with van der Waals surface area (Å²) in [5.41, 5.74) is 4.41. The van der Waals surface area contributed by atoms with Gasteiger partial charge in [-0.05, 0) is 35.2 Å². The topological polar surface area (TPSA) is 29.1 Å². The molecule has 3 aromatic carbocycles. The third-order valence-electron chi connectivity index (χ3n) is 4.39. The van der Waals surface area contributed by atoms with Crippen LogP contribution >= 0.6 is 23.4 Å². The van der Waals surface area contributed by atoms with Crippen LogP contribution in [-0.2, 0) is 10.5 Å². The van der Waals surface area contributed by atoms with Crippen molar-refractivity contribution in [2.24, 2.45) is 0 Å². The Balaban J connectivity index is 1.68. The van der Waals surface area contributed by atoms with Crippen LogP contribution in [0, 0.1) is 6.92 Å². The first-order chi connectivity index (χ1) is 13.1. The van der Waals surface area contributed by atoms with Crippen molar-refractivity contribution in [2.45, 2.75) is 18.7 Å². The van der Waals surface area contributed by atoms with Crippen molar-refractivity contribution in [3.63, 3.8) is 0 Å². The van der Waals surface area contributed by atoms with Crippen LogP contribution in [0.15, 0.2) is 78.9 Å². The number of halogens is 1. The van der Waals surface area contributed by atoms with Gasteiger partial charge in [-0.15, -0.1) is 11.8 Å². The van der Waals surface area contributed by atoms with Crippen LogP contribution in [0.1, 0.15) is 28.3 Å². The molecule has 1 atom stereocenters. The van der Waals surface area contributed by atoms with Crippen LogP contribution in [-0.4, -0.2) is 11.7 Å². The highest BCUT2D eigenvalue weighted by molar-refractivity contribution is 7.99. The van der Waals surface area contributed by atoms with Gasteiger partial charge in [0, 0.05) is 10.8 Å². The van der Waals surface area contributed by atoms with E-state index in [0.717, 1.165) is 27.3 Å². The maximum atomic E-state index is 12.6. The number of nitrogens with one attached hydrogen (secondary N) is 1. The Bertz CT molecular complexity index is 898. The van der Waals surface area contributed by atoms with Gasteiger partial charge < -0.3 is 5.32 Å². The molecule has 0 aliphatic carbocycles. The number of hydrogen-bond acceptors (Lipinski definition) is 2. The summed E-state index contributed by atoms with van der Waals surface area (Å²) < 4.78 is 0. The van der Waals surface area contributed by atoms with Gasteiger partial charge in [0.1, 0.15) is 0 Å². The van der Waals surface area contributed by atoms with E-state index in [-0.39, 0.29) is 11.9 Å². The molecule has 0 saturated heterocycles. The molecule has 2 nitrogen and oxygen atoms in total. The van der Waals surface area contributed by atoms with E-state index in [0.29, 0.717) is 11.5 Å². The summed E-state index contributed by atoms with van der Waals surface area (Å²) in [5, 5.41) is 3.94. The normalized spacial score (nSPS) is 11.8. The molecule has 0 fully saturated rings. The summed E-state index contributed by atoms with van der Waals surface area (Å²) >= 11 is 7.76. The molecule has 0 heterocycles. The fraction of sp³-hybridized carbons (Fsp3) is 0.174. The maximum absolute atomic E-state index is 12.6. The number of aryl methyl sites for hydroxylation is 1. The molecule has 0 spiro atoms. The minimum atomic E-state index is -0.152. The predicted octanol–water partition coefficient (Wildman–Crippen LogP) is 5.79. The largest absolute Gasteiger partial charge is 0.344 e. The molecule has 0 radical (unpaired) electrons. The zero-order valence-electron chi connectivity index (χ0n) is 15.2. The van der Waals surface area contributed by atoms with Gasteiger partial charge in [0.15, 0.2) is 0 Å². The first-order valence-corrected chi connectivity index (χ1v) is 10.4. The summed E-state index contributed by atoms with van der Waals surface area (Å²) in [5.74, 6) is 1.12. The second-order valence-electron chi connectivity index (χ2n) is 6.35. The van der Waals surface area contributed by atoms with Gasteiger partial charge in [-0.2, -0.15) is 0 Å². The van der Waals surface area contributed by atoms with E-state index in [1.54, 1.807) is 11.8 Å². The second-order valence-corrected chi connectivity index (χ2v) is 7.74. The van der Waals surface area contributed by atoms with Gasteiger partial charge in [-0.25, -0.2) is 0 Å². The van der Waals surface area contributed by atoms with Gasteiger partial charge in [0.25, 0.3) is 0 Å². The summed E-state index contributed by atoms with van der Waals surface area (Å²) in [6, 6.07) is 25.9. The standard InChI is InChI=1S/C23H22ClNOS/c1-17-9-5-7-13-20(17)23(18-10-3-2-4-11-18)25-22(26)16-27-15-19-12-6-8-14-21(19)24/h2-14,23H,15-16H2,1H3,(H,25,26)/t23-/m1/s1. The number of hydrogen-bond donors (Lipinski definition) is 1. The third kappa shape index (κ3) is 5.38. The van der Waals surface area contributed by atoms with E-state index in [2.05, 4.69) is 24.4 Å². The number of amides is 1. The zero-order chi connectivity index (χ0) is 19.1. The van der Waals surface area contributed by atoms with Crippen molar-refractivity contribution in [3.8, 4) is 0 Å². The van der Waals surface area contributed by atoms with Gasteiger partial charge in [-0.3, -0.25) is 4.79 Å². The highest BCUT2D eigenvalue weighted by Crippen LogP contribution is 2.25. The lowest BCUT2D eigenvalue weighted by Gasteiger charge is -2.21. The quantitative estimate of drug-likeness (QED) is 0.548. The van der Waals surface area contributed by atoms with Crippen molar-refractivity contribution in [1.29, 1.82) is 0 Å². The molecular formula is C23H22ClNOS. The predicted molar refractivity (Wildman–Crippen MR) is 115 cm³/mol. The monoisotopic (exact) mass is 395 g/mol. The van der Waals surface area contributed by atoms with Crippen molar-refractivity contribution in [2.75, 3.05) is 5.75 Å². The smallest absolute Gasteiger partial charge is 0.230 e. The number of carbonyl (C=O) groups excluding carboxylic acids is 1. The molecule has 0 unspecified atom stereocenters. The Morgan fingerprint density at radius 1 is 0.963 bits per heavy atom. The fourth-order valence-corrected chi connectivity index (χ4v) is 4.09. The number of thioether (sulfide) groups is 1. The average molecular weight is 396 g/mol. The van der Waals surface area contributed by atoms with Crippen molar-refractivity contribution < 1.29 is 4.79 Å². The highest BCUT2D eigenvalue weighted by atomic mass is 35.5. The average Bonchev–Trinajstić information content (AvgIpc) is 2.69. The molecule has 1 N–H and O–H groups in total. The van der Waals surface area contributed by atoms with Crippen LogP contribution < -0.4 is 5.32 Å². The minimum Gasteiger partial charge on any atom is -0.344 e. The fourth-order valence-electron chi connectivity index (χ4n) is 2.97. The lowest BCUT2D eigenvalue weighted by Crippen LogP contribution is -2.31. The van der Waals surface area contributed by atoms with E-state index in [4.69, 9.17) is 11.6 Å². The third-order valence-corrected chi connectivity index (χ3v) is 5.74. The molecule has 3 rings (SSSR count). The van der Waals surface area contributed by atoms with Crippen molar-refractivity contribution >= 4 is 29.3 Å². The molecule has 0 bridgehead atoms. The Labute approximate surface area is 170 Å². The van der Waals surface area contributed by atoms with Crippen LogP contribution in [0.2, 0.25) is 5.02 Å². The first-order valence-electron chi connectivity index (χ1n) is 8.86. The Morgan fingerprint density at radius 2 is 1.63 bits per heavy atom. The second kappa shape index (κ2) is 9.63.